The zero-order valence-electron chi connectivity index (χ0n) is 21.9. The fourth-order valence-electron chi connectivity index (χ4n) is 5.54. The van der Waals surface area contributed by atoms with Crippen molar-refractivity contribution in [1.29, 1.82) is 0 Å². The number of anilines is 1. The van der Waals surface area contributed by atoms with Gasteiger partial charge in [-0.05, 0) is 48.8 Å². The highest BCUT2D eigenvalue weighted by atomic mass is 19.4. The summed E-state index contributed by atoms with van der Waals surface area (Å²) in [6.45, 7) is 5.14. The second-order valence-corrected chi connectivity index (χ2v) is 10.9. The van der Waals surface area contributed by atoms with Gasteiger partial charge in [-0.2, -0.15) is 13.2 Å². The van der Waals surface area contributed by atoms with Crippen LogP contribution in [-0.2, 0) is 10.2 Å². The van der Waals surface area contributed by atoms with Crippen molar-refractivity contribution in [3.63, 3.8) is 0 Å². The SMILES string of the molecule is C[C@@H]1CN(CCOCC(F)(F)F)C[C@@]1(C)c1ccc(-c2cnc(N)c(C(=O)NC3CCC(O)CC3)c2)cc1. The van der Waals surface area contributed by atoms with Crippen LogP contribution in [0.2, 0.25) is 0 Å². The number of rotatable bonds is 8. The molecule has 1 aliphatic heterocycles. The minimum atomic E-state index is -4.31. The van der Waals surface area contributed by atoms with Gasteiger partial charge in [0.1, 0.15) is 12.4 Å². The number of nitrogens with two attached hydrogens (primary N) is 1. The van der Waals surface area contributed by atoms with Gasteiger partial charge in [0.05, 0.1) is 18.3 Å². The minimum absolute atomic E-state index is 0.0122. The number of nitrogens with zero attached hydrogens (tertiary/aromatic N) is 2. The van der Waals surface area contributed by atoms with E-state index in [9.17, 15) is 23.1 Å². The van der Waals surface area contributed by atoms with Crippen molar-refractivity contribution in [3.05, 3.63) is 47.7 Å². The second-order valence-electron chi connectivity index (χ2n) is 10.9. The molecule has 0 unspecified atom stereocenters. The Morgan fingerprint density at radius 3 is 2.55 bits per heavy atom. The molecule has 2 atom stereocenters. The molecule has 4 N–H and O–H groups in total. The Kier molecular flexibility index (Phi) is 8.64. The molecule has 208 valence electrons. The first-order valence-electron chi connectivity index (χ1n) is 13.2. The smallest absolute Gasteiger partial charge is 0.393 e. The lowest BCUT2D eigenvalue weighted by molar-refractivity contribution is -0.174. The number of carbonyl (C=O) groups is 1. The van der Waals surface area contributed by atoms with Gasteiger partial charge in [-0.25, -0.2) is 4.98 Å². The number of carbonyl (C=O) groups excluding carboxylic acids is 1. The molecule has 2 fully saturated rings. The van der Waals surface area contributed by atoms with Crippen LogP contribution in [0.25, 0.3) is 11.1 Å². The number of alkyl halides is 3. The van der Waals surface area contributed by atoms with E-state index in [2.05, 4.69) is 41.2 Å². The number of likely N-dealkylation sites (tertiary alicyclic amines) is 1. The number of pyridine rings is 1. The Labute approximate surface area is 221 Å². The largest absolute Gasteiger partial charge is 0.411 e. The Morgan fingerprint density at radius 2 is 1.89 bits per heavy atom. The molecule has 1 aromatic carbocycles. The predicted octanol–water partition coefficient (Wildman–Crippen LogP) is 4.15. The van der Waals surface area contributed by atoms with Crippen molar-refractivity contribution in [1.82, 2.24) is 15.2 Å². The normalized spacial score (nSPS) is 26.4. The number of aliphatic hydroxyl groups excluding tert-OH is 1. The maximum Gasteiger partial charge on any atom is 0.411 e. The quantitative estimate of drug-likeness (QED) is 0.440. The molecule has 1 amide bonds. The zero-order valence-corrected chi connectivity index (χ0v) is 21.9. The third-order valence-electron chi connectivity index (χ3n) is 8.06. The van der Waals surface area contributed by atoms with E-state index in [1.54, 1.807) is 12.3 Å². The van der Waals surface area contributed by atoms with E-state index >= 15 is 0 Å². The molecule has 1 saturated heterocycles. The van der Waals surface area contributed by atoms with Crippen molar-refractivity contribution in [2.24, 2.45) is 5.92 Å². The lowest BCUT2D eigenvalue weighted by Gasteiger charge is -2.29. The summed E-state index contributed by atoms with van der Waals surface area (Å²) in [5.41, 5.74) is 9.04. The summed E-state index contributed by atoms with van der Waals surface area (Å²) in [5.74, 6) is 0.220. The van der Waals surface area contributed by atoms with Gasteiger partial charge in [0, 0.05) is 42.9 Å². The molecule has 7 nitrogen and oxygen atoms in total. The zero-order chi connectivity index (χ0) is 27.5. The lowest BCUT2D eigenvalue weighted by Crippen LogP contribution is -2.38. The topological polar surface area (TPSA) is 101 Å². The Morgan fingerprint density at radius 1 is 1.21 bits per heavy atom. The number of nitrogens with one attached hydrogen (secondary N) is 1. The van der Waals surface area contributed by atoms with Crippen LogP contribution in [0.4, 0.5) is 19.0 Å². The Bertz CT molecular complexity index is 1100. The maximum atomic E-state index is 12.9. The molecule has 0 spiro atoms. The molecular weight excluding hydrogens is 497 g/mol. The third kappa shape index (κ3) is 6.84. The van der Waals surface area contributed by atoms with Crippen LogP contribution >= 0.6 is 0 Å². The summed E-state index contributed by atoms with van der Waals surface area (Å²) >= 11 is 0. The van der Waals surface area contributed by atoms with Crippen LogP contribution in [-0.4, -0.2) is 72.1 Å². The summed E-state index contributed by atoms with van der Waals surface area (Å²) in [4.78, 5) is 19.3. The summed E-state index contributed by atoms with van der Waals surface area (Å²) in [6, 6.07) is 9.91. The fourth-order valence-corrected chi connectivity index (χ4v) is 5.54. The standard InChI is InChI=1S/C28H37F3N4O3/c1-18-15-35(11-12-38-17-28(29,30)31)16-27(18,2)21-5-3-19(4-6-21)20-13-24(25(32)33-14-20)26(37)34-22-7-9-23(36)10-8-22/h3-6,13-14,18,22-23,36H,7-12,15-17H2,1-2H3,(H2,32,33)(H,34,37)/t18-,22?,23?,27-/m1/s1. The number of hydrogen-bond donors (Lipinski definition) is 3. The number of aliphatic hydroxyl groups is 1. The van der Waals surface area contributed by atoms with E-state index in [0.29, 0.717) is 30.9 Å². The number of nitrogen functional groups attached to an aromatic ring is 1. The molecule has 10 heteroatoms. The average Bonchev–Trinajstić information content (AvgIpc) is 3.17. The van der Waals surface area contributed by atoms with Crippen molar-refractivity contribution in [2.45, 2.75) is 63.3 Å². The molecule has 0 bridgehead atoms. The molecular formula is C28H37F3N4O3. The summed E-state index contributed by atoms with van der Waals surface area (Å²) in [5, 5.41) is 12.7. The van der Waals surface area contributed by atoms with Gasteiger partial charge in [0.15, 0.2) is 0 Å². The highest BCUT2D eigenvalue weighted by Gasteiger charge is 2.41. The molecule has 1 saturated carbocycles. The minimum Gasteiger partial charge on any atom is -0.393 e. The monoisotopic (exact) mass is 534 g/mol. The number of amides is 1. The maximum absolute atomic E-state index is 12.9. The van der Waals surface area contributed by atoms with E-state index in [1.807, 2.05) is 12.1 Å². The summed E-state index contributed by atoms with van der Waals surface area (Å²) in [6.07, 6.45) is -0.137. The number of benzene rings is 1. The van der Waals surface area contributed by atoms with Crippen molar-refractivity contribution >= 4 is 11.7 Å². The predicted molar refractivity (Wildman–Crippen MR) is 140 cm³/mol. The third-order valence-corrected chi connectivity index (χ3v) is 8.06. The van der Waals surface area contributed by atoms with Crippen LogP contribution < -0.4 is 11.1 Å². The highest BCUT2D eigenvalue weighted by molar-refractivity contribution is 5.99. The molecule has 0 radical (unpaired) electrons. The number of ether oxygens (including phenoxy) is 1. The first-order valence-corrected chi connectivity index (χ1v) is 13.2. The fraction of sp³-hybridized carbons (Fsp3) is 0.571. The lowest BCUT2D eigenvalue weighted by atomic mass is 9.75. The number of hydrogen-bond acceptors (Lipinski definition) is 6. The number of aromatic nitrogens is 1. The van der Waals surface area contributed by atoms with Crippen LogP contribution in [0.3, 0.4) is 0 Å². The van der Waals surface area contributed by atoms with Gasteiger partial charge >= 0.3 is 6.18 Å². The number of halogens is 3. The van der Waals surface area contributed by atoms with E-state index in [1.165, 1.54) is 0 Å². The van der Waals surface area contributed by atoms with Crippen LogP contribution in [0.5, 0.6) is 0 Å². The van der Waals surface area contributed by atoms with Crippen molar-refractivity contribution in [2.75, 3.05) is 38.6 Å². The van der Waals surface area contributed by atoms with Gasteiger partial charge in [-0.1, -0.05) is 38.1 Å². The molecule has 38 heavy (non-hydrogen) atoms. The van der Waals surface area contributed by atoms with Crippen LogP contribution in [0.1, 0.15) is 55.5 Å². The molecule has 2 heterocycles. The van der Waals surface area contributed by atoms with Gasteiger partial charge < -0.3 is 20.9 Å². The highest BCUT2D eigenvalue weighted by Crippen LogP contribution is 2.39. The molecule has 2 aliphatic rings. The van der Waals surface area contributed by atoms with Gasteiger partial charge in [-0.15, -0.1) is 0 Å². The Balaban J connectivity index is 1.40. The van der Waals surface area contributed by atoms with Crippen molar-refractivity contribution in [3.8, 4) is 11.1 Å². The molecule has 4 rings (SSSR count). The van der Waals surface area contributed by atoms with Gasteiger partial charge in [-0.3, -0.25) is 9.69 Å². The van der Waals surface area contributed by atoms with E-state index in [4.69, 9.17) is 10.5 Å². The van der Waals surface area contributed by atoms with Gasteiger partial charge in [0.25, 0.3) is 5.91 Å². The molecule has 1 aromatic heterocycles. The molecule has 1 aliphatic carbocycles. The van der Waals surface area contributed by atoms with E-state index in [-0.39, 0.29) is 35.9 Å². The summed E-state index contributed by atoms with van der Waals surface area (Å²) < 4.78 is 41.8. The first kappa shape index (κ1) is 28.3. The average molecular weight is 535 g/mol. The van der Waals surface area contributed by atoms with Gasteiger partial charge in [0.2, 0.25) is 0 Å². The van der Waals surface area contributed by atoms with E-state index < -0.39 is 12.8 Å². The Hall–Kier alpha value is -2.69. The molecule has 2 aromatic rings. The van der Waals surface area contributed by atoms with Crippen molar-refractivity contribution < 1.29 is 27.8 Å². The van der Waals surface area contributed by atoms with Crippen LogP contribution in [0.15, 0.2) is 36.5 Å². The van der Waals surface area contributed by atoms with E-state index in [0.717, 1.165) is 42.6 Å². The first-order chi connectivity index (χ1) is 17.9. The van der Waals surface area contributed by atoms with Crippen LogP contribution in [0, 0.1) is 5.92 Å². The summed E-state index contributed by atoms with van der Waals surface area (Å²) in [7, 11) is 0. The second kappa shape index (κ2) is 11.6.